The topological polar surface area (TPSA) is 23.5 Å². The summed E-state index contributed by atoms with van der Waals surface area (Å²) < 4.78 is 0. The van der Waals surface area contributed by atoms with Gasteiger partial charge in [-0.05, 0) is 50.5 Å². The van der Waals surface area contributed by atoms with Crippen LogP contribution in [0.25, 0.3) is 0 Å². The van der Waals surface area contributed by atoms with E-state index in [1.54, 1.807) is 0 Å². The van der Waals surface area contributed by atoms with E-state index in [9.17, 15) is 5.11 Å². The molecule has 74 valence electrons. The highest BCUT2D eigenvalue weighted by atomic mass is 16.3. The minimum Gasteiger partial charge on any atom is -0.396 e. The second-order valence-corrected chi connectivity index (χ2v) is 5.04. The summed E-state index contributed by atoms with van der Waals surface area (Å²) in [4.78, 5) is 2.71. The van der Waals surface area contributed by atoms with Gasteiger partial charge in [0.1, 0.15) is 0 Å². The molecule has 0 saturated carbocycles. The minimum absolute atomic E-state index is 0.421. The summed E-state index contributed by atoms with van der Waals surface area (Å²) in [5.41, 5.74) is 0. The molecule has 3 aliphatic heterocycles. The average Bonchev–Trinajstić information content (AvgIpc) is 2.39. The molecule has 13 heavy (non-hydrogen) atoms. The van der Waals surface area contributed by atoms with Crippen molar-refractivity contribution >= 4 is 0 Å². The van der Waals surface area contributed by atoms with Crippen LogP contribution in [0.15, 0.2) is 0 Å². The first-order valence-corrected chi connectivity index (χ1v) is 5.77. The van der Waals surface area contributed by atoms with Crippen molar-refractivity contribution in [3.8, 4) is 0 Å². The molecule has 1 N–H and O–H groups in total. The standard InChI is InChI=1S/C11H19NO/c13-7-9-3-4-10-6-8-2-1-5-12(10)11(8)9/h8-11,13H,1-7H2. The monoisotopic (exact) mass is 181 g/mol. The molecule has 3 aliphatic rings. The van der Waals surface area contributed by atoms with Gasteiger partial charge in [-0.3, -0.25) is 4.90 Å². The summed E-state index contributed by atoms with van der Waals surface area (Å²) in [5, 5.41) is 9.34. The molecule has 3 fully saturated rings. The van der Waals surface area contributed by atoms with E-state index >= 15 is 0 Å². The van der Waals surface area contributed by atoms with Gasteiger partial charge in [-0.15, -0.1) is 0 Å². The Morgan fingerprint density at radius 1 is 1.23 bits per heavy atom. The van der Waals surface area contributed by atoms with E-state index in [4.69, 9.17) is 0 Å². The molecule has 3 rings (SSSR count). The molecule has 0 aromatic carbocycles. The smallest absolute Gasteiger partial charge is 0.0474 e. The maximum atomic E-state index is 9.34. The van der Waals surface area contributed by atoms with Crippen LogP contribution in [-0.4, -0.2) is 35.2 Å². The fraction of sp³-hybridized carbons (Fsp3) is 1.00. The van der Waals surface area contributed by atoms with Crippen LogP contribution in [0.4, 0.5) is 0 Å². The highest BCUT2D eigenvalue weighted by molar-refractivity contribution is 5.03. The Labute approximate surface area is 79.9 Å². The molecule has 3 heterocycles. The zero-order chi connectivity index (χ0) is 8.84. The second kappa shape index (κ2) is 2.96. The van der Waals surface area contributed by atoms with Crippen LogP contribution >= 0.6 is 0 Å². The second-order valence-electron chi connectivity index (χ2n) is 5.04. The molecule has 0 spiro atoms. The van der Waals surface area contributed by atoms with Crippen molar-refractivity contribution in [2.45, 2.75) is 44.2 Å². The third-order valence-corrected chi connectivity index (χ3v) is 4.49. The number of nitrogens with zero attached hydrogens (tertiary/aromatic N) is 1. The largest absolute Gasteiger partial charge is 0.396 e. The molecule has 0 aromatic rings. The van der Waals surface area contributed by atoms with E-state index in [2.05, 4.69) is 4.90 Å². The van der Waals surface area contributed by atoms with E-state index in [0.717, 1.165) is 18.0 Å². The van der Waals surface area contributed by atoms with Gasteiger partial charge in [-0.2, -0.15) is 0 Å². The Morgan fingerprint density at radius 2 is 2.15 bits per heavy atom. The van der Waals surface area contributed by atoms with Crippen LogP contribution in [0.5, 0.6) is 0 Å². The van der Waals surface area contributed by atoms with Crippen molar-refractivity contribution in [2.24, 2.45) is 11.8 Å². The summed E-state index contributed by atoms with van der Waals surface area (Å²) in [6, 6.07) is 1.65. The summed E-state index contributed by atoms with van der Waals surface area (Å²) in [6.45, 7) is 1.73. The van der Waals surface area contributed by atoms with Gasteiger partial charge in [0.25, 0.3) is 0 Å². The normalized spacial score (nSPS) is 53.8. The lowest BCUT2D eigenvalue weighted by Crippen LogP contribution is -2.49. The fourth-order valence-corrected chi connectivity index (χ4v) is 4.01. The van der Waals surface area contributed by atoms with Crippen molar-refractivity contribution in [2.75, 3.05) is 13.2 Å². The number of hydrogen-bond donors (Lipinski definition) is 1. The van der Waals surface area contributed by atoms with Crippen molar-refractivity contribution in [3.05, 3.63) is 0 Å². The molecule has 3 saturated heterocycles. The molecule has 5 unspecified atom stereocenters. The zero-order valence-corrected chi connectivity index (χ0v) is 8.15. The van der Waals surface area contributed by atoms with Crippen LogP contribution in [0, 0.1) is 11.8 Å². The molecular weight excluding hydrogens is 162 g/mol. The van der Waals surface area contributed by atoms with Crippen molar-refractivity contribution in [1.82, 2.24) is 4.90 Å². The average molecular weight is 181 g/mol. The van der Waals surface area contributed by atoms with E-state index in [0.29, 0.717) is 12.5 Å². The first-order chi connectivity index (χ1) is 6.40. The first-order valence-electron chi connectivity index (χ1n) is 5.77. The number of rotatable bonds is 1. The van der Waals surface area contributed by atoms with E-state index in [1.807, 2.05) is 0 Å². The van der Waals surface area contributed by atoms with Crippen LogP contribution in [0.1, 0.15) is 32.1 Å². The molecule has 0 radical (unpaired) electrons. The van der Waals surface area contributed by atoms with Crippen LogP contribution < -0.4 is 0 Å². The van der Waals surface area contributed by atoms with Gasteiger partial charge in [-0.25, -0.2) is 0 Å². The van der Waals surface area contributed by atoms with Gasteiger partial charge < -0.3 is 5.11 Å². The summed E-state index contributed by atoms with van der Waals surface area (Å²) in [7, 11) is 0. The molecule has 2 nitrogen and oxygen atoms in total. The van der Waals surface area contributed by atoms with Gasteiger partial charge in [0.2, 0.25) is 0 Å². The maximum absolute atomic E-state index is 9.34. The fourth-order valence-electron chi connectivity index (χ4n) is 4.01. The van der Waals surface area contributed by atoms with E-state index in [1.165, 1.54) is 38.6 Å². The summed E-state index contributed by atoms with van der Waals surface area (Å²) in [5.74, 6) is 1.53. The lowest BCUT2D eigenvalue weighted by atomic mass is 9.82. The third kappa shape index (κ3) is 1.08. The van der Waals surface area contributed by atoms with E-state index in [-0.39, 0.29) is 0 Å². The predicted octanol–water partition coefficient (Wildman–Crippen LogP) is 1.24. The third-order valence-electron chi connectivity index (χ3n) is 4.49. The van der Waals surface area contributed by atoms with E-state index < -0.39 is 0 Å². The molecule has 5 atom stereocenters. The number of aliphatic hydroxyl groups is 1. The highest BCUT2D eigenvalue weighted by Crippen LogP contribution is 2.47. The first kappa shape index (κ1) is 8.25. The van der Waals surface area contributed by atoms with Crippen molar-refractivity contribution in [3.63, 3.8) is 0 Å². The molecule has 0 amide bonds. The number of piperidine rings is 2. The van der Waals surface area contributed by atoms with Gasteiger partial charge in [0.15, 0.2) is 0 Å². The van der Waals surface area contributed by atoms with Crippen LogP contribution in [-0.2, 0) is 0 Å². The van der Waals surface area contributed by atoms with Gasteiger partial charge in [0.05, 0.1) is 0 Å². The maximum Gasteiger partial charge on any atom is 0.0474 e. The van der Waals surface area contributed by atoms with Crippen LogP contribution in [0.3, 0.4) is 0 Å². The van der Waals surface area contributed by atoms with Crippen molar-refractivity contribution < 1.29 is 5.11 Å². The minimum atomic E-state index is 0.421. The highest BCUT2D eigenvalue weighted by Gasteiger charge is 2.49. The van der Waals surface area contributed by atoms with Gasteiger partial charge >= 0.3 is 0 Å². The molecule has 2 heteroatoms. The Kier molecular flexibility index (Phi) is 1.88. The molecule has 0 aromatic heterocycles. The van der Waals surface area contributed by atoms with Gasteiger partial charge in [-0.1, -0.05) is 0 Å². The Morgan fingerprint density at radius 3 is 3.00 bits per heavy atom. The van der Waals surface area contributed by atoms with Crippen LogP contribution in [0.2, 0.25) is 0 Å². The van der Waals surface area contributed by atoms with Gasteiger partial charge in [0, 0.05) is 18.7 Å². The SMILES string of the molecule is OCC1CCC2CC3CCCN2C13. The Hall–Kier alpha value is -0.0800. The zero-order valence-electron chi connectivity index (χ0n) is 8.15. The summed E-state index contributed by atoms with van der Waals surface area (Å²) in [6.07, 6.45) is 6.88. The molecule has 4 bridgehead atoms. The lowest BCUT2D eigenvalue weighted by molar-refractivity contribution is 0.0258. The quantitative estimate of drug-likeness (QED) is 0.658. The lowest BCUT2D eigenvalue weighted by Gasteiger charge is -2.43. The number of hydrogen-bond acceptors (Lipinski definition) is 2. The molecular formula is C11H19NO. The van der Waals surface area contributed by atoms with Crippen molar-refractivity contribution in [1.29, 1.82) is 0 Å². The Balaban J connectivity index is 1.87. The Bertz CT molecular complexity index is 204. The molecule has 0 aliphatic carbocycles. The number of aliphatic hydroxyl groups excluding tert-OH is 1. The summed E-state index contributed by atoms with van der Waals surface area (Å²) >= 11 is 0. The predicted molar refractivity (Wildman–Crippen MR) is 51.4 cm³/mol.